The molecule has 7 nitrogen and oxygen atoms in total. The van der Waals surface area contributed by atoms with Crippen LogP contribution in [0.5, 0.6) is 0 Å². The summed E-state index contributed by atoms with van der Waals surface area (Å²) in [5, 5.41) is 3.33. The van der Waals surface area contributed by atoms with Gasteiger partial charge < -0.3 is 10.2 Å². The van der Waals surface area contributed by atoms with E-state index < -0.39 is 28.5 Å². The van der Waals surface area contributed by atoms with Crippen molar-refractivity contribution in [2.45, 2.75) is 50.7 Å². The molecule has 37 heavy (non-hydrogen) atoms. The minimum absolute atomic E-state index is 0.0521. The summed E-state index contributed by atoms with van der Waals surface area (Å²) >= 11 is 6.39. The third-order valence-corrected chi connectivity index (χ3v) is 7.93. The van der Waals surface area contributed by atoms with Gasteiger partial charge in [-0.05, 0) is 56.2 Å². The molecule has 0 heterocycles. The quantitative estimate of drug-likeness (QED) is 0.375. The number of rotatable bonds is 11. The molecule has 0 spiro atoms. The minimum Gasteiger partial charge on any atom is -0.352 e. The van der Waals surface area contributed by atoms with Crippen molar-refractivity contribution in [1.29, 1.82) is 0 Å². The zero-order valence-corrected chi connectivity index (χ0v) is 22.7. The molecule has 0 saturated heterocycles. The Morgan fingerprint density at radius 3 is 2.03 bits per heavy atom. The molecule has 3 rings (SSSR count). The fourth-order valence-electron chi connectivity index (χ4n) is 3.95. The van der Waals surface area contributed by atoms with Gasteiger partial charge in [-0.3, -0.25) is 13.9 Å². The van der Waals surface area contributed by atoms with Crippen LogP contribution in [0.2, 0.25) is 5.02 Å². The number of amides is 2. The first kappa shape index (κ1) is 28.2. The number of halogens is 1. The number of anilines is 1. The first-order valence-corrected chi connectivity index (χ1v) is 13.9. The number of nitrogens with zero attached hydrogens (tertiary/aromatic N) is 2. The lowest BCUT2D eigenvalue weighted by molar-refractivity contribution is -0.140. The molecule has 1 N–H and O–H groups in total. The molecular weight excluding hydrogens is 510 g/mol. The summed E-state index contributed by atoms with van der Waals surface area (Å²) in [6, 6.07) is 22.5. The van der Waals surface area contributed by atoms with Gasteiger partial charge in [-0.25, -0.2) is 8.42 Å². The molecule has 0 radical (unpaired) electrons. The van der Waals surface area contributed by atoms with Crippen LogP contribution in [0.3, 0.4) is 0 Å². The number of nitrogens with one attached hydrogen (secondary N) is 1. The molecule has 0 fully saturated rings. The summed E-state index contributed by atoms with van der Waals surface area (Å²) in [6.45, 7) is 5.06. The van der Waals surface area contributed by atoms with Crippen molar-refractivity contribution < 1.29 is 18.0 Å². The number of benzene rings is 3. The average Bonchev–Trinajstić information content (AvgIpc) is 2.88. The lowest BCUT2D eigenvalue weighted by Crippen LogP contribution is -2.53. The Bertz CT molecular complexity index is 1300. The smallest absolute Gasteiger partial charge is 0.264 e. The van der Waals surface area contributed by atoms with E-state index in [0.29, 0.717) is 22.7 Å². The zero-order valence-electron chi connectivity index (χ0n) is 21.2. The van der Waals surface area contributed by atoms with Crippen molar-refractivity contribution in [3.63, 3.8) is 0 Å². The second-order valence-electron chi connectivity index (χ2n) is 8.86. The standard InChI is InChI=1S/C28H32ClN3O4S/c1-4-26(28(34)30-21(2)3)31(19-22-13-11-12-18-25(22)29)27(33)20-32(23-14-7-5-8-15-23)37(35,36)24-16-9-6-10-17-24/h5-18,21,26H,4,19-20H2,1-3H3,(H,30,34)/t26-/m1/s1. The van der Waals surface area contributed by atoms with E-state index in [0.717, 1.165) is 4.31 Å². The predicted octanol–water partition coefficient (Wildman–Crippen LogP) is 4.87. The molecule has 3 aromatic carbocycles. The second kappa shape index (κ2) is 12.7. The monoisotopic (exact) mass is 541 g/mol. The summed E-state index contributed by atoms with van der Waals surface area (Å²) < 4.78 is 28.4. The van der Waals surface area contributed by atoms with Gasteiger partial charge in [0.05, 0.1) is 10.6 Å². The van der Waals surface area contributed by atoms with E-state index in [2.05, 4.69) is 5.32 Å². The van der Waals surface area contributed by atoms with Crippen LogP contribution < -0.4 is 9.62 Å². The Morgan fingerprint density at radius 1 is 0.892 bits per heavy atom. The van der Waals surface area contributed by atoms with E-state index in [-0.39, 0.29) is 23.4 Å². The summed E-state index contributed by atoms with van der Waals surface area (Å²) in [5.74, 6) is -0.830. The van der Waals surface area contributed by atoms with Crippen molar-refractivity contribution in [1.82, 2.24) is 10.2 Å². The molecule has 0 unspecified atom stereocenters. The lowest BCUT2D eigenvalue weighted by Gasteiger charge is -2.33. The topological polar surface area (TPSA) is 86.8 Å². The number of sulfonamides is 1. The molecule has 2 amide bonds. The first-order chi connectivity index (χ1) is 17.6. The van der Waals surface area contributed by atoms with Gasteiger partial charge in [-0.1, -0.05) is 73.1 Å². The molecule has 3 aromatic rings. The van der Waals surface area contributed by atoms with Gasteiger partial charge in [0.1, 0.15) is 12.6 Å². The summed E-state index contributed by atoms with van der Waals surface area (Å²) in [7, 11) is -4.08. The highest BCUT2D eigenvalue weighted by molar-refractivity contribution is 7.92. The van der Waals surface area contributed by atoms with Crippen molar-refractivity contribution in [2.24, 2.45) is 0 Å². The van der Waals surface area contributed by atoms with Gasteiger partial charge in [-0.2, -0.15) is 0 Å². The fourth-order valence-corrected chi connectivity index (χ4v) is 5.58. The fraction of sp³-hybridized carbons (Fsp3) is 0.286. The molecule has 0 saturated carbocycles. The number of para-hydroxylation sites is 1. The molecule has 0 aromatic heterocycles. The second-order valence-corrected chi connectivity index (χ2v) is 11.1. The minimum atomic E-state index is -4.08. The van der Waals surface area contributed by atoms with E-state index in [9.17, 15) is 18.0 Å². The molecule has 196 valence electrons. The zero-order chi connectivity index (χ0) is 27.0. The maximum Gasteiger partial charge on any atom is 0.264 e. The van der Waals surface area contributed by atoms with E-state index in [1.165, 1.54) is 17.0 Å². The van der Waals surface area contributed by atoms with E-state index in [1.54, 1.807) is 72.8 Å². The van der Waals surface area contributed by atoms with Crippen molar-refractivity contribution in [3.05, 3.63) is 95.5 Å². The molecule has 1 atom stereocenters. The Hall–Kier alpha value is -3.36. The number of hydrogen-bond acceptors (Lipinski definition) is 4. The maximum atomic E-state index is 13.9. The summed E-state index contributed by atoms with van der Waals surface area (Å²) in [5.41, 5.74) is 1.00. The van der Waals surface area contributed by atoms with Gasteiger partial charge in [-0.15, -0.1) is 0 Å². The number of carbonyl (C=O) groups excluding carboxylic acids is 2. The molecule has 9 heteroatoms. The highest BCUT2D eigenvalue weighted by Crippen LogP contribution is 2.25. The number of carbonyl (C=O) groups is 2. The van der Waals surface area contributed by atoms with Crippen LogP contribution in [0.1, 0.15) is 32.8 Å². The SMILES string of the molecule is CC[C@H](C(=O)NC(C)C)N(Cc1ccccc1Cl)C(=O)CN(c1ccccc1)S(=O)(=O)c1ccccc1. The van der Waals surface area contributed by atoms with Gasteiger partial charge in [0.2, 0.25) is 11.8 Å². The summed E-state index contributed by atoms with van der Waals surface area (Å²) in [4.78, 5) is 28.5. The van der Waals surface area contributed by atoms with E-state index >= 15 is 0 Å². The van der Waals surface area contributed by atoms with Crippen LogP contribution in [-0.4, -0.2) is 43.8 Å². The van der Waals surface area contributed by atoms with Crippen molar-refractivity contribution in [3.8, 4) is 0 Å². The van der Waals surface area contributed by atoms with Crippen LogP contribution >= 0.6 is 11.6 Å². The van der Waals surface area contributed by atoms with Gasteiger partial charge in [0, 0.05) is 17.6 Å². The van der Waals surface area contributed by atoms with Gasteiger partial charge in [0.15, 0.2) is 0 Å². The average molecular weight is 542 g/mol. The highest BCUT2D eigenvalue weighted by atomic mass is 35.5. The predicted molar refractivity (Wildman–Crippen MR) is 147 cm³/mol. The van der Waals surface area contributed by atoms with Crippen LogP contribution in [0.15, 0.2) is 89.8 Å². The van der Waals surface area contributed by atoms with Crippen LogP contribution in [-0.2, 0) is 26.2 Å². The van der Waals surface area contributed by atoms with Crippen molar-refractivity contribution in [2.75, 3.05) is 10.8 Å². The lowest BCUT2D eigenvalue weighted by atomic mass is 10.1. The van der Waals surface area contributed by atoms with Crippen molar-refractivity contribution >= 4 is 39.1 Å². The van der Waals surface area contributed by atoms with Crippen LogP contribution in [0.4, 0.5) is 5.69 Å². The third kappa shape index (κ3) is 7.11. The Balaban J connectivity index is 2.04. The van der Waals surface area contributed by atoms with Crippen LogP contribution in [0, 0.1) is 0 Å². The van der Waals surface area contributed by atoms with E-state index in [4.69, 9.17) is 11.6 Å². The molecular formula is C28H32ClN3O4S. The van der Waals surface area contributed by atoms with Gasteiger partial charge >= 0.3 is 0 Å². The molecule has 0 aliphatic heterocycles. The molecule has 0 bridgehead atoms. The van der Waals surface area contributed by atoms with Crippen LogP contribution in [0.25, 0.3) is 0 Å². The Labute approximate surface area is 224 Å². The Morgan fingerprint density at radius 2 is 1.46 bits per heavy atom. The normalized spacial score (nSPS) is 12.1. The largest absolute Gasteiger partial charge is 0.352 e. The molecule has 0 aliphatic rings. The molecule has 0 aliphatic carbocycles. The maximum absolute atomic E-state index is 13.9. The third-order valence-electron chi connectivity index (χ3n) is 5.77. The summed E-state index contributed by atoms with van der Waals surface area (Å²) in [6.07, 6.45) is 0.339. The highest BCUT2D eigenvalue weighted by Gasteiger charge is 2.34. The van der Waals surface area contributed by atoms with E-state index in [1.807, 2.05) is 20.8 Å². The first-order valence-electron chi connectivity index (χ1n) is 12.1. The number of hydrogen-bond donors (Lipinski definition) is 1. The Kier molecular flexibility index (Phi) is 9.72. The van der Waals surface area contributed by atoms with Gasteiger partial charge in [0.25, 0.3) is 10.0 Å².